The first-order chi connectivity index (χ1) is 24.9. The molecule has 6 heterocycles. The van der Waals surface area contributed by atoms with Crippen molar-refractivity contribution in [3.63, 3.8) is 0 Å². The van der Waals surface area contributed by atoms with Gasteiger partial charge in [0, 0.05) is 40.5 Å². The number of aromatic nitrogens is 2. The van der Waals surface area contributed by atoms with Gasteiger partial charge in [-0.3, -0.25) is 4.79 Å². The number of nitrogens with zero attached hydrogens (tertiary/aromatic N) is 2. The van der Waals surface area contributed by atoms with Crippen LogP contribution in [0.2, 0.25) is 0 Å². The van der Waals surface area contributed by atoms with Crippen molar-refractivity contribution in [3.05, 3.63) is 140 Å². The van der Waals surface area contributed by atoms with Crippen LogP contribution in [0.25, 0.3) is 33.3 Å². The van der Waals surface area contributed by atoms with Crippen LogP contribution in [0.15, 0.2) is 105 Å². The highest BCUT2D eigenvalue weighted by molar-refractivity contribution is 5.90. The van der Waals surface area contributed by atoms with Crippen molar-refractivity contribution in [1.82, 2.24) is 9.55 Å². The molecule has 0 radical (unpaired) electrons. The lowest BCUT2D eigenvalue weighted by molar-refractivity contribution is -0.172. The van der Waals surface area contributed by atoms with Gasteiger partial charge in [-0.25, -0.2) is 19.4 Å². The van der Waals surface area contributed by atoms with Crippen LogP contribution in [0, 0.1) is 0 Å². The van der Waals surface area contributed by atoms with Crippen LogP contribution in [-0.4, -0.2) is 38.3 Å². The Balaban J connectivity index is 0.000000149. The number of carbonyl (C=O) groups is 2. The molecule has 0 fully saturated rings. The highest BCUT2D eigenvalue weighted by atomic mass is 16.6. The smallest absolute Gasteiger partial charge is 0.343 e. The fraction of sp³-hybridized carbons (Fsp3) is 0.244. The molecule has 3 aromatic heterocycles. The molecule has 0 aliphatic carbocycles. The van der Waals surface area contributed by atoms with Crippen LogP contribution in [-0.2, 0) is 39.4 Å². The van der Waals surface area contributed by atoms with E-state index in [-0.39, 0.29) is 30.7 Å². The lowest BCUT2D eigenvalue weighted by Crippen LogP contribution is -2.44. The molecule has 11 heteroatoms. The Morgan fingerprint density at radius 2 is 1.71 bits per heavy atom. The summed E-state index contributed by atoms with van der Waals surface area (Å²) in [6.45, 7) is 5.68. The summed E-state index contributed by atoms with van der Waals surface area (Å²) < 4.78 is 23.7. The molecule has 3 aromatic carbocycles. The highest BCUT2D eigenvalue weighted by Crippen LogP contribution is 2.39. The number of carbonyl (C=O) groups excluding carboxylic acids is 2. The minimum absolute atomic E-state index is 0.110. The first-order valence-corrected chi connectivity index (χ1v) is 17.0. The average Bonchev–Trinajstić information content (AvgIpc) is 3.73. The quantitative estimate of drug-likeness (QED) is 0.176. The number of esters is 2. The van der Waals surface area contributed by atoms with E-state index in [0.717, 1.165) is 33.1 Å². The summed E-state index contributed by atoms with van der Waals surface area (Å²) in [6.07, 6.45) is 0.424. The van der Waals surface area contributed by atoms with E-state index in [0.29, 0.717) is 46.7 Å². The molecular weight excluding hydrogens is 664 g/mol. The van der Waals surface area contributed by atoms with E-state index in [1.165, 1.54) is 6.07 Å². The van der Waals surface area contributed by atoms with Gasteiger partial charge in [0.2, 0.25) is 0 Å². The van der Waals surface area contributed by atoms with Crippen molar-refractivity contribution in [2.45, 2.75) is 64.1 Å². The van der Waals surface area contributed by atoms with Gasteiger partial charge in [-0.15, -0.1) is 0 Å². The number of ether oxygens (including phenoxy) is 3. The Morgan fingerprint density at radius 3 is 2.50 bits per heavy atom. The third kappa shape index (κ3) is 5.54. The number of fused-ring (bicyclic) bond motifs is 7. The number of cyclic esters (lactones) is 1. The van der Waals surface area contributed by atoms with Crippen LogP contribution >= 0.6 is 0 Å². The maximum Gasteiger partial charge on any atom is 0.343 e. The molecule has 11 nitrogen and oxygen atoms in total. The molecule has 1 N–H and O–H groups in total. The molecular formula is C41H34N2O9. The lowest BCUT2D eigenvalue weighted by atomic mass is 9.86. The third-order valence-corrected chi connectivity index (χ3v) is 10.0. The standard InChI is InChI=1S/C21H18O5.C20H16N2O4/c1-21(2,26-20(23)13-6-4-3-5-7-13)18-11-15-10-14-8-9-19(22)25-16(14)12-17(15)24-18;1-2-20(25)14-8-16-17-12(7-11-5-3-4-6-15(11)21-17)9-22(16)18(23)13(14)10-26-19(20)24/h3-10,12,18H,11H2,1-2H3;3-8,25H,2,9-10H2,1H3. The van der Waals surface area contributed by atoms with Gasteiger partial charge in [-0.05, 0) is 68.3 Å². The molecule has 2 atom stereocenters. The summed E-state index contributed by atoms with van der Waals surface area (Å²) in [4.78, 5) is 53.7. The van der Waals surface area contributed by atoms with E-state index >= 15 is 0 Å². The topological polar surface area (TPSA) is 147 Å². The van der Waals surface area contributed by atoms with Crippen LogP contribution < -0.4 is 15.9 Å². The third-order valence-electron chi connectivity index (χ3n) is 10.0. The zero-order chi connectivity index (χ0) is 36.4. The number of rotatable bonds is 4. The average molecular weight is 699 g/mol. The van der Waals surface area contributed by atoms with E-state index in [9.17, 15) is 24.3 Å². The Bertz CT molecular complexity index is 2550. The summed E-state index contributed by atoms with van der Waals surface area (Å²) >= 11 is 0. The second kappa shape index (κ2) is 12.3. The minimum atomic E-state index is -1.79. The lowest BCUT2D eigenvalue weighted by Gasteiger charge is -2.31. The van der Waals surface area contributed by atoms with Crippen molar-refractivity contribution < 1.29 is 33.3 Å². The number of para-hydroxylation sites is 1. The Morgan fingerprint density at radius 1 is 0.962 bits per heavy atom. The van der Waals surface area contributed by atoms with Crippen LogP contribution in [0.4, 0.5) is 0 Å². The molecule has 6 aromatic rings. The molecule has 0 saturated heterocycles. The molecule has 2 unspecified atom stereocenters. The van der Waals surface area contributed by atoms with E-state index in [2.05, 4.69) is 0 Å². The molecule has 3 aliphatic heterocycles. The predicted octanol–water partition coefficient (Wildman–Crippen LogP) is 5.81. The number of benzene rings is 3. The van der Waals surface area contributed by atoms with Gasteiger partial charge in [0.05, 0.1) is 34.6 Å². The van der Waals surface area contributed by atoms with Gasteiger partial charge >= 0.3 is 17.6 Å². The summed E-state index contributed by atoms with van der Waals surface area (Å²) in [6, 6.07) is 27.2. The molecule has 0 amide bonds. The Kier molecular flexibility index (Phi) is 7.83. The largest absolute Gasteiger partial charge is 0.485 e. The Hall–Kier alpha value is -6.07. The van der Waals surface area contributed by atoms with Crippen molar-refractivity contribution in [3.8, 4) is 17.1 Å². The zero-order valence-electron chi connectivity index (χ0n) is 28.7. The number of aliphatic hydroxyl groups is 1. The van der Waals surface area contributed by atoms with E-state index in [4.69, 9.17) is 23.6 Å². The molecule has 0 bridgehead atoms. The fourth-order valence-electron chi connectivity index (χ4n) is 7.06. The van der Waals surface area contributed by atoms with Crippen molar-refractivity contribution in [2.75, 3.05) is 0 Å². The van der Waals surface area contributed by atoms with Crippen LogP contribution in [0.5, 0.6) is 5.75 Å². The minimum Gasteiger partial charge on any atom is -0.485 e. The van der Waals surface area contributed by atoms with E-state index in [1.807, 2.05) is 56.3 Å². The van der Waals surface area contributed by atoms with E-state index < -0.39 is 22.8 Å². The molecule has 0 saturated carbocycles. The van der Waals surface area contributed by atoms with E-state index in [1.54, 1.807) is 54.0 Å². The maximum atomic E-state index is 13.0. The molecule has 0 spiro atoms. The zero-order valence-corrected chi connectivity index (χ0v) is 28.7. The summed E-state index contributed by atoms with van der Waals surface area (Å²) in [5.41, 5.74) is 2.58. The second-order valence-electron chi connectivity index (χ2n) is 13.7. The first-order valence-electron chi connectivity index (χ1n) is 17.0. The normalized spacial score (nSPS) is 18.3. The van der Waals surface area contributed by atoms with Crippen molar-refractivity contribution in [1.29, 1.82) is 0 Å². The van der Waals surface area contributed by atoms with Crippen molar-refractivity contribution >= 4 is 33.8 Å². The molecule has 52 heavy (non-hydrogen) atoms. The SMILES string of the molecule is CC(C)(OC(=O)c1ccccc1)C1Cc2cc3ccc(=O)oc3cc2O1.CCC1(O)C(=O)OCc2c1cc1n(c2=O)Cc2cc3ccccc3nc2-1. The summed E-state index contributed by atoms with van der Waals surface area (Å²) in [7, 11) is 0. The van der Waals surface area contributed by atoms with Crippen molar-refractivity contribution in [2.24, 2.45) is 0 Å². The second-order valence-corrected chi connectivity index (χ2v) is 13.7. The summed E-state index contributed by atoms with van der Waals surface area (Å²) in [5, 5.41) is 12.7. The molecule has 3 aliphatic rings. The van der Waals surface area contributed by atoms with Gasteiger partial charge in [-0.1, -0.05) is 43.3 Å². The maximum absolute atomic E-state index is 13.0. The Labute approximate surface area is 297 Å². The van der Waals surface area contributed by atoms with Gasteiger partial charge < -0.3 is 28.3 Å². The highest BCUT2D eigenvalue weighted by Gasteiger charge is 2.45. The predicted molar refractivity (Wildman–Crippen MR) is 191 cm³/mol. The van der Waals surface area contributed by atoms with Gasteiger partial charge in [0.15, 0.2) is 5.60 Å². The van der Waals surface area contributed by atoms with Gasteiger partial charge in [-0.2, -0.15) is 0 Å². The van der Waals surface area contributed by atoms with Gasteiger partial charge in [0.1, 0.15) is 29.6 Å². The number of hydrogen-bond donors (Lipinski definition) is 1. The number of pyridine rings is 2. The van der Waals surface area contributed by atoms with Crippen LogP contribution in [0.3, 0.4) is 0 Å². The fourth-order valence-corrected chi connectivity index (χ4v) is 7.06. The van der Waals surface area contributed by atoms with Crippen LogP contribution in [0.1, 0.15) is 59.8 Å². The first kappa shape index (κ1) is 33.1. The van der Waals surface area contributed by atoms with Gasteiger partial charge in [0.25, 0.3) is 5.56 Å². The monoisotopic (exact) mass is 698 g/mol. The molecule has 262 valence electrons. The summed E-state index contributed by atoms with van der Waals surface area (Å²) in [5.74, 6) is -0.437. The number of hydrogen-bond acceptors (Lipinski definition) is 10. The molecule has 9 rings (SSSR count).